The Balaban J connectivity index is 2.08. The van der Waals surface area contributed by atoms with Crippen molar-refractivity contribution in [3.8, 4) is 0 Å². The Kier molecular flexibility index (Phi) is 9.79. The number of esters is 2. The topological polar surface area (TPSA) is 105 Å². The van der Waals surface area contributed by atoms with Gasteiger partial charge in [0, 0.05) is 0 Å². The van der Waals surface area contributed by atoms with Crippen LogP contribution in [0, 0.1) is 0 Å². The van der Waals surface area contributed by atoms with Crippen LogP contribution in [0.2, 0.25) is 0 Å². The summed E-state index contributed by atoms with van der Waals surface area (Å²) in [5.41, 5.74) is -2.39. The highest BCUT2D eigenvalue weighted by molar-refractivity contribution is 7.07. The molecule has 0 aliphatic carbocycles. The van der Waals surface area contributed by atoms with Crippen LogP contribution < -0.4 is 15.6 Å². The lowest BCUT2D eigenvalue weighted by Gasteiger charge is -2.39. The number of hydrogen-bond acceptors (Lipinski definition) is 8. The van der Waals surface area contributed by atoms with Crippen molar-refractivity contribution in [3.63, 3.8) is 0 Å². The Labute approximate surface area is 267 Å². The third-order valence-electron chi connectivity index (χ3n) is 6.85. The summed E-state index contributed by atoms with van der Waals surface area (Å²) in [5, 5.41) is 15.1. The average molecular weight is 629 g/mol. The number of tetrazole rings is 1. The molecule has 0 amide bonds. The van der Waals surface area contributed by atoms with E-state index in [0.29, 0.717) is 0 Å². The number of rotatable bonds is 9. The van der Waals surface area contributed by atoms with Gasteiger partial charge in [0.2, 0.25) is 0 Å². The maximum absolute atomic E-state index is 14.5. The molecule has 2 atom stereocenters. The molecule has 0 bridgehead atoms. The van der Waals surface area contributed by atoms with Crippen molar-refractivity contribution in [3.05, 3.63) is 96.8 Å². The molecule has 238 valence electrons. The molecule has 4 aromatic rings. The number of benzene rings is 3. The normalized spacial score (nSPS) is 14.0. The van der Waals surface area contributed by atoms with Crippen LogP contribution in [0.5, 0.6) is 0 Å². The van der Waals surface area contributed by atoms with E-state index < -0.39 is 49.0 Å². The molecule has 0 saturated carbocycles. The van der Waals surface area contributed by atoms with Gasteiger partial charge < -0.3 is 13.9 Å². The van der Waals surface area contributed by atoms with Gasteiger partial charge in [0.05, 0.1) is 5.54 Å². The van der Waals surface area contributed by atoms with Crippen LogP contribution in [0.4, 0.5) is 0 Å². The summed E-state index contributed by atoms with van der Waals surface area (Å²) < 4.78 is 20.9. The molecule has 0 spiro atoms. The largest absolute Gasteiger partial charge is 0.459 e. The van der Waals surface area contributed by atoms with E-state index in [1.807, 2.05) is 112 Å². The van der Waals surface area contributed by atoms with E-state index in [0.717, 1.165) is 15.6 Å². The van der Waals surface area contributed by atoms with Crippen molar-refractivity contribution >= 4 is 35.8 Å². The molecule has 9 nitrogen and oxygen atoms in total. The first-order valence-corrected chi connectivity index (χ1v) is 17.0. The number of carbonyl (C=O) groups is 2. The zero-order valence-electron chi connectivity index (χ0n) is 27.6. The Morgan fingerprint density at radius 1 is 0.644 bits per heavy atom. The minimum atomic E-state index is -3.55. The van der Waals surface area contributed by atoms with E-state index in [4.69, 9.17) is 13.9 Å². The molecule has 4 rings (SSSR count). The summed E-state index contributed by atoms with van der Waals surface area (Å²) >= 11 is 0. The molecule has 0 radical (unpaired) electrons. The molecule has 0 saturated heterocycles. The van der Waals surface area contributed by atoms with Gasteiger partial charge in [-0.25, -0.2) is 9.48 Å². The molecule has 0 aliphatic heterocycles. The van der Waals surface area contributed by atoms with Gasteiger partial charge in [0.1, 0.15) is 11.2 Å². The Morgan fingerprint density at radius 3 is 1.42 bits per heavy atom. The van der Waals surface area contributed by atoms with Crippen molar-refractivity contribution < 1.29 is 23.5 Å². The van der Waals surface area contributed by atoms with Crippen LogP contribution in [0.3, 0.4) is 0 Å². The van der Waals surface area contributed by atoms with E-state index in [2.05, 4.69) is 15.5 Å². The van der Waals surface area contributed by atoms with Gasteiger partial charge in [-0.2, -0.15) is 0 Å². The van der Waals surface area contributed by atoms with E-state index >= 15 is 0 Å². The standard InChI is InChI=1S/C35H44N4O5Si/c1-33(2,3)39-30(36-37-38-39)28(31(40)42-34(4,5)6)29(32(41)43-35(7,8)9)44-45(25-19-13-10-14-20-25,26-21-15-11-16-22-26)27-23-17-12-18-24-27/h10-24,28-29H,1-9H3. The van der Waals surface area contributed by atoms with Crippen LogP contribution >= 0.6 is 0 Å². The summed E-state index contributed by atoms with van der Waals surface area (Å²) in [6.07, 6.45) is -1.49. The smallest absolute Gasteiger partial charge is 0.335 e. The van der Waals surface area contributed by atoms with Crippen molar-refractivity contribution in [2.75, 3.05) is 0 Å². The monoisotopic (exact) mass is 628 g/mol. The zero-order valence-corrected chi connectivity index (χ0v) is 28.6. The second-order valence-corrected chi connectivity index (χ2v) is 17.3. The van der Waals surface area contributed by atoms with Crippen LogP contribution in [0.15, 0.2) is 91.0 Å². The van der Waals surface area contributed by atoms with Crippen molar-refractivity contribution in [1.82, 2.24) is 20.2 Å². The molecular weight excluding hydrogens is 584 g/mol. The molecule has 10 heteroatoms. The minimum absolute atomic E-state index is 0.143. The first kappa shape index (κ1) is 33.7. The lowest BCUT2D eigenvalue weighted by Crippen LogP contribution is -2.71. The molecule has 1 heterocycles. The number of hydrogen-bond donors (Lipinski definition) is 0. The van der Waals surface area contributed by atoms with Gasteiger partial charge in [0.25, 0.3) is 8.32 Å². The molecule has 3 aromatic carbocycles. The maximum atomic E-state index is 14.5. The quantitative estimate of drug-likeness (QED) is 0.154. The second kappa shape index (κ2) is 13.1. The average Bonchev–Trinajstić information content (AvgIpc) is 3.45. The van der Waals surface area contributed by atoms with Gasteiger partial charge in [0.15, 0.2) is 17.8 Å². The van der Waals surface area contributed by atoms with Gasteiger partial charge in [-0.3, -0.25) is 4.79 Å². The van der Waals surface area contributed by atoms with Crippen molar-refractivity contribution in [2.24, 2.45) is 0 Å². The Bertz CT molecular complexity index is 1480. The highest BCUT2D eigenvalue weighted by Gasteiger charge is 2.52. The fraction of sp³-hybridized carbons (Fsp3) is 0.400. The summed E-state index contributed by atoms with van der Waals surface area (Å²) in [6.45, 7) is 16.4. The number of ether oxygens (including phenoxy) is 2. The molecule has 2 unspecified atom stereocenters. The number of carbonyl (C=O) groups excluding carboxylic acids is 2. The third kappa shape index (κ3) is 7.93. The number of nitrogens with zero attached hydrogens (tertiary/aromatic N) is 4. The molecule has 0 N–H and O–H groups in total. The maximum Gasteiger partial charge on any atom is 0.335 e. The van der Waals surface area contributed by atoms with Crippen molar-refractivity contribution in [1.29, 1.82) is 0 Å². The first-order valence-electron chi connectivity index (χ1n) is 15.1. The fourth-order valence-corrected chi connectivity index (χ4v) is 9.13. The van der Waals surface area contributed by atoms with Gasteiger partial charge in [-0.05, 0) is 88.3 Å². The Hall–Kier alpha value is -4.15. The molecule has 0 fully saturated rings. The van der Waals surface area contributed by atoms with E-state index in [-0.39, 0.29) is 5.82 Å². The lowest BCUT2D eigenvalue weighted by atomic mass is 9.99. The Morgan fingerprint density at radius 2 is 1.04 bits per heavy atom. The molecule has 45 heavy (non-hydrogen) atoms. The molecular formula is C35H44N4O5Si. The van der Waals surface area contributed by atoms with Gasteiger partial charge in [-0.1, -0.05) is 91.0 Å². The van der Waals surface area contributed by atoms with Crippen LogP contribution in [-0.4, -0.2) is 57.8 Å². The van der Waals surface area contributed by atoms with Gasteiger partial charge in [-0.15, -0.1) is 5.10 Å². The molecule has 0 aliphatic rings. The highest BCUT2D eigenvalue weighted by Crippen LogP contribution is 2.31. The minimum Gasteiger partial charge on any atom is -0.459 e. The van der Waals surface area contributed by atoms with Crippen LogP contribution in [0.25, 0.3) is 0 Å². The van der Waals surface area contributed by atoms with E-state index in [9.17, 15) is 9.59 Å². The second-order valence-electron chi connectivity index (χ2n) is 14.0. The third-order valence-corrected chi connectivity index (χ3v) is 10.9. The van der Waals surface area contributed by atoms with Gasteiger partial charge >= 0.3 is 11.9 Å². The first-order chi connectivity index (χ1) is 21.0. The SMILES string of the molecule is CC(C)(C)OC(=O)C(O[Si](c1ccccc1)(c1ccccc1)c1ccccc1)C(C(=O)OC(C)(C)C)c1nnnn1C(C)(C)C. The predicted molar refractivity (Wildman–Crippen MR) is 176 cm³/mol. The zero-order chi connectivity index (χ0) is 33.0. The highest BCUT2D eigenvalue weighted by atomic mass is 28.4. The van der Waals surface area contributed by atoms with Crippen LogP contribution in [-0.2, 0) is 29.0 Å². The van der Waals surface area contributed by atoms with Crippen LogP contribution in [0.1, 0.15) is 74.1 Å². The van der Waals surface area contributed by atoms with Crippen molar-refractivity contribution in [2.45, 2.75) is 91.1 Å². The fourth-order valence-electron chi connectivity index (χ4n) is 5.12. The molecule has 1 aromatic heterocycles. The summed E-state index contributed by atoms with van der Waals surface area (Å²) in [6, 6.07) is 29.5. The summed E-state index contributed by atoms with van der Waals surface area (Å²) in [7, 11) is -3.55. The predicted octanol–water partition coefficient (Wildman–Crippen LogP) is 4.25. The lowest BCUT2D eigenvalue weighted by molar-refractivity contribution is -0.173. The van der Waals surface area contributed by atoms with E-state index in [1.165, 1.54) is 0 Å². The van der Waals surface area contributed by atoms with E-state index in [1.54, 1.807) is 46.2 Å². The number of aromatic nitrogens is 4. The summed E-state index contributed by atoms with van der Waals surface area (Å²) in [5.74, 6) is -2.64. The summed E-state index contributed by atoms with van der Waals surface area (Å²) in [4.78, 5) is 28.8.